The molecule has 0 bridgehead atoms. The second-order valence-electron chi connectivity index (χ2n) is 10.7. The molecule has 0 amide bonds. The number of rotatable bonds is 2. The molecule has 0 N–H and O–H groups in total. The predicted molar refractivity (Wildman–Crippen MR) is 110 cm³/mol. The summed E-state index contributed by atoms with van der Waals surface area (Å²) in [5.74, 6) is 2.61. The van der Waals surface area contributed by atoms with Crippen LogP contribution in [0, 0.1) is 34.5 Å². The molecule has 5 rings (SSSR count). The molecule has 1 aliphatic heterocycles. The zero-order valence-corrected chi connectivity index (χ0v) is 18.0. The quantitative estimate of drug-likeness (QED) is 0.616. The number of allylic oxidation sites excluding steroid dienone is 1. The van der Waals surface area contributed by atoms with Crippen LogP contribution in [0.4, 0.5) is 0 Å². The summed E-state index contributed by atoms with van der Waals surface area (Å²) in [7, 11) is 0. The molecule has 4 heteroatoms. The minimum Gasteiger partial charge on any atom is -0.463 e. The minimum absolute atomic E-state index is 0.127. The van der Waals surface area contributed by atoms with E-state index in [0.29, 0.717) is 23.9 Å². The van der Waals surface area contributed by atoms with Crippen molar-refractivity contribution in [1.82, 2.24) is 0 Å². The van der Waals surface area contributed by atoms with Gasteiger partial charge in [0.05, 0.1) is 0 Å². The Balaban J connectivity index is 1.36. The van der Waals surface area contributed by atoms with Crippen LogP contribution in [0.5, 0.6) is 0 Å². The van der Waals surface area contributed by atoms with Gasteiger partial charge in [-0.05, 0) is 91.4 Å². The Morgan fingerprint density at radius 1 is 1.14 bits per heavy atom. The summed E-state index contributed by atoms with van der Waals surface area (Å²) in [4.78, 5) is 23.1. The molecule has 0 radical (unpaired) electrons. The molecule has 3 fully saturated rings. The van der Waals surface area contributed by atoms with Gasteiger partial charge < -0.3 is 9.47 Å². The highest BCUT2D eigenvalue weighted by atomic mass is 16.5. The van der Waals surface area contributed by atoms with Gasteiger partial charge in [0.2, 0.25) is 0 Å². The summed E-state index contributed by atoms with van der Waals surface area (Å²) < 4.78 is 10.8. The van der Waals surface area contributed by atoms with Crippen LogP contribution in [0.15, 0.2) is 23.3 Å². The van der Waals surface area contributed by atoms with Gasteiger partial charge >= 0.3 is 11.9 Å². The maximum atomic E-state index is 11.6. The van der Waals surface area contributed by atoms with Crippen LogP contribution in [-0.4, -0.2) is 24.6 Å². The number of fused-ring (bicyclic) bond motifs is 5. The average molecular weight is 399 g/mol. The van der Waals surface area contributed by atoms with Crippen molar-refractivity contribution in [2.75, 3.05) is 6.61 Å². The van der Waals surface area contributed by atoms with Crippen LogP contribution in [-0.2, 0) is 19.1 Å². The Morgan fingerprint density at radius 3 is 2.69 bits per heavy atom. The highest BCUT2D eigenvalue weighted by Crippen LogP contribution is 2.67. The number of esters is 2. The highest BCUT2D eigenvalue weighted by Gasteiger charge is 2.59. The van der Waals surface area contributed by atoms with Gasteiger partial charge in [0.1, 0.15) is 12.7 Å². The molecule has 1 heterocycles. The lowest BCUT2D eigenvalue weighted by Crippen LogP contribution is -2.54. The Morgan fingerprint density at radius 2 is 1.97 bits per heavy atom. The van der Waals surface area contributed by atoms with E-state index in [2.05, 4.69) is 19.9 Å². The molecular weight excluding hydrogens is 364 g/mol. The molecule has 0 aromatic rings. The lowest BCUT2D eigenvalue weighted by Gasteiger charge is -2.60. The van der Waals surface area contributed by atoms with Crippen molar-refractivity contribution in [1.29, 1.82) is 0 Å². The van der Waals surface area contributed by atoms with Crippen molar-refractivity contribution in [2.45, 2.75) is 78.2 Å². The minimum atomic E-state index is -0.181. The Bertz CT molecular complexity index is 795. The second kappa shape index (κ2) is 6.72. The van der Waals surface area contributed by atoms with Crippen LogP contribution < -0.4 is 0 Å². The number of cyclic esters (lactones) is 1. The zero-order chi connectivity index (χ0) is 20.4. The highest BCUT2D eigenvalue weighted by molar-refractivity contribution is 5.86. The van der Waals surface area contributed by atoms with E-state index >= 15 is 0 Å². The van der Waals surface area contributed by atoms with E-state index in [1.165, 1.54) is 44.6 Å². The van der Waals surface area contributed by atoms with Crippen LogP contribution >= 0.6 is 0 Å². The third-order valence-corrected chi connectivity index (χ3v) is 9.54. The summed E-state index contributed by atoms with van der Waals surface area (Å²) in [6, 6.07) is 0. The molecule has 0 spiro atoms. The Labute approximate surface area is 174 Å². The summed E-state index contributed by atoms with van der Waals surface area (Å²) in [5, 5.41) is 0. The van der Waals surface area contributed by atoms with E-state index in [9.17, 15) is 9.59 Å². The summed E-state index contributed by atoms with van der Waals surface area (Å²) in [6.45, 7) is 6.98. The van der Waals surface area contributed by atoms with Crippen molar-refractivity contribution in [2.24, 2.45) is 34.5 Å². The molecule has 7 atom stereocenters. The first-order chi connectivity index (χ1) is 13.8. The maximum absolute atomic E-state index is 11.6. The zero-order valence-electron chi connectivity index (χ0n) is 18.0. The van der Waals surface area contributed by atoms with Gasteiger partial charge in [-0.3, -0.25) is 4.79 Å². The topological polar surface area (TPSA) is 52.6 Å². The van der Waals surface area contributed by atoms with Gasteiger partial charge in [-0.2, -0.15) is 0 Å². The SMILES string of the molecule is CC(=O)O[C@H]1CC[C@@]2(C)[C@@H](CC[C@@H]3[C@@H]2CC[C@]2(C)C(C4=CC(=O)OC4)=CC[C@@H]32)C1. The van der Waals surface area contributed by atoms with Gasteiger partial charge in [-0.15, -0.1) is 0 Å². The monoisotopic (exact) mass is 398 g/mol. The number of carbonyl (C=O) groups excluding carboxylic acids is 2. The standard InChI is InChI=1S/C25H34O4/c1-15(26)29-18-8-10-24(2)17(13-18)4-5-19-21-7-6-20(16-12-23(27)28-14-16)25(21,3)11-9-22(19)24/h6,12,17-19,21-22H,4-5,7-11,13-14H2,1-3H3/t17-,18-,19-,21-,22-,24-,25+/m0/s1. The van der Waals surface area contributed by atoms with E-state index in [1.54, 1.807) is 6.08 Å². The van der Waals surface area contributed by atoms with Crippen LogP contribution in [0.3, 0.4) is 0 Å². The molecule has 3 saturated carbocycles. The number of carbonyl (C=O) groups is 2. The molecule has 0 unspecified atom stereocenters. The third kappa shape index (κ3) is 2.92. The molecule has 158 valence electrons. The van der Waals surface area contributed by atoms with Crippen molar-refractivity contribution >= 4 is 11.9 Å². The fraction of sp³-hybridized carbons (Fsp3) is 0.760. The van der Waals surface area contributed by atoms with E-state index in [0.717, 1.165) is 36.7 Å². The molecule has 0 aromatic carbocycles. The van der Waals surface area contributed by atoms with E-state index in [4.69, 9.17) is 9.47 Å². The van der Waals surface area contributed by atoms with Gasteiger partial charge in [0.25, 0.3) is 0 Å². The predicted octanol–water partition coefficient (Wildman–Crippen LogP) is 4.98. The normalized spacial score (nSPS) is 46.0. The smallest absolute Gasteiger partial charge is 0.331 e. The van der Waals surface area contributed by atoms with Gasteiger partial charge in [-0.25, -0.2) is 4.79 Å². The van der Waals surface area contributed by atoms with Crippen LogP contribution in [0.1, 0.15) is 72.1 Å². The van der Waals surface area contributed by atoms with Crippen molar-refractivity contribution in [3.05, 3.63) is 23.3 Å². The molecule has 0 aromatic heterocycles. The maximum Gasteiger partial charge on any atom is 0.331 e. The molecular formula is C25H34O4. The first kappa shape index (κ1) is 19.4. The molecule has 29 heavy (non-hydrogen) atoms. The first-order valence-electron chi connectivity index (χ1n) is 11.6. The van der Waals surface area contributed by atoms with Crippen molar-refractivity contribution in [3.8, 4) is 0 Å². The number of ether oxygens (including phenoxy) is 2. The van der Waals surface area contributed by atoms with Crippen molar-refractivity contribution < 1.29 is 19.1 Å². The lowest BCUT2D eigenvalue weighted by atomic mass is 9.44. The molecule has 4 aliphatic carbocycles. The molecule has 0 saturated heterocycles. The summed E-state index contributed by atoms with van der Waals surface area (Å²) in [6.07, 6.45) is 13.7. The Hall–Kier alpha value is -1.58. The fourth-order valence-electron chi connectivity index (χ4n) is 8.16. The Kier molecular flexibility index (Phi) is 4.49. The van der Waals surface area contributed by atoms with Crippen molar-refractivity contribution in [3.63, 3.8) is 0 Å². The van der Waals surface area contributed by atoms with E-state index in [1.807, 2.05) is 0 Å². The second-order valence-corrected chi connectivity index (χ2v) is 10.7. The van der Waals surface area contributed by atoms with E-state index in [-0.39, 0.29) is 23.5 Å². The fourth-order valence-corrected chi connectivity index (χ4v) is 8.16. The largest absolute Gasteiger partial charge is 0.463 e. The number of hydrogen-bond donors (Lipinski definition) is 0. The third-order valence-electron chi connectivity index (χ3n) is 9.54. The summed E-state index contributed by atoms with van der Waals surface area (Å²) in [5.41, 5.74) is 3.10. The lowest BCUT2D eigenvalue weighted by molar-refractivity contribution is -0.158. The molecule has 5 aliphatic rings. The van der Waals surface area contributed by atoms with Gasteiger partial charge in [0, 0.05) is 18.6 Å². The first-order valence-corrected chi connectivity index (χ1v) is 11.6. The van der Waals surface area contributed by atoms with Gasteiger partial charge in [-0.1, -0.05) is 19.9 Å². The van der Waals surface area contributed by atoms with Gasteiger partial charge in [0.15, 0.2) is 0 Å². The van der Waals surface area contributed by atoms with E-state index < -0.39 is 0 Å². The van der Waals surface area contributed by atoms with Crippen LogP contribution in [0.25, 0.3) is 0 Å². The number of hydrogen-bond acceptors (Lipinski definition) is 4. The summed E-state index contributed by atoms with van der Waals surface area (Å²) >= 11 is 0. The van der Waals surface area contributed by atoms with Crippen LogP contribution in [0.2, 0.25) is 0 Å². The average Bonchev–Trinajstić information content (AvgIpc) is 3.24. The molecule has 4 nitrogen and oxygen atoms in total.